The Balaban J connectivity index is 1.47. The maximum absolute atomic E-state index is 12.8. The monoisotopic (exact) mass is 936 g/mol. The van der Waals surface area contributed by atoms with Crippen molar-refractivity contribution in [2.45, 2.75) is 76.2 Å². The van der Waals surface area contributed by atoms with E-state index in [1.807, 2.05) is 0 Å². The van der Waals surface area contributed by atoms with Crippen molar-refractivity contribution < 1.29 is 90.4 Å². The van der Waals surface area contributed by atoms with Crippen molar-refractivity contribution in [2.75, 3.05) is 37.8 Å². The number of carbonyl (C=O) groups is 4. The van der Waals surface area contributed by atoms with Crippen LogP contribution in [0.15, 0.2) is 24.8 Å². The Bertz CT molecular complexity index is 2040. The summed E-state index contributed by atoms with van der Waals surface area (Å²) in [6.45, 7) is 1.45. The van der Waals surface area contributed by atoms with Crippen molar-refractivity contribution in [3.8, 4) is 0 Å². The van der Waals surface area contributed by atoms with E-state index in [0.717, 1.165) is 29.0 Å². The quantitative estimate of drug-likeness (QED) is 0.0327. The Morgan fingerprint density at radius 3 is 2.40 bits per heavy atom. The van der Waals surface area contributed by atoms with Gasteiger partial charge in [-0.2, -0.15) is 4.31 Å². The van der Waals surface area contributed by atoms with Crippen LogP contribution in [0.25, 0.3) is 11.2 Å². The highest BCUT2D eigenvalue weighted by Crippen LogP contribution is 2.61. The highest BCUT2D eigenvalue weighted by Gasteiger charge is 2.57. The molecule has 1 saturated heterocycles. The van der Waals surface area contributed by atoms with E-state index in [-0.39, 0.29) is 53.8 Å². The predicted molar refractivity (Wildman–Crippen MR) is 206 cm³/mol. The summed E-state index contributed by atoms with van der Waals surface area (Å²) in [7, 11) is -16.5. The van der Waals surface area contributed by atoms with E-state index in [1.54, 1.807) is 0 Å². The summed E-state index contributed by atoms with van der Waals surface area (Å²) in [5, 5.41) is 35.0. The fourth-order valence-corrected chi connectivity index (χ4v) is 8.64. The molecule has 2 aromatic rings. The summed E-state index contributed by atoms with van der Waals surface area (Å²) >= 11 is 0.901. The fourth-order valence-electron chi connectivity index (χ4n) is 5.22. The first-order valence-corrected chi connectivity index (χ1v) is 22.9. The lowest BCUT2D eigenvalue weighted by Gasteiger charge is -2.30. The standard InChI is InChI=1S/C29H47N8O19P3S/c1-28(2,23(41)26(42)33-9-8-18(38)32-10-11-60-19(39)7-5-4-6-16(30)27(43)44)13-53-59(50,51)56-58(48,49)52-12-17-21(55-57(45,46)47)22(40)29(3,54-17)37-15-36-20-24(31)34-14-35-25(20)37/h5,7,14-17,21-23,40-41H,4,6,8-13,30H2,1-3H3,(H,32,38)(H,33,42)(H,43,44)(H,48,49)(H,50,51)(H2,31,34,35)(H2,45,46,47)/b7-5+/t16-,17?,21?,22?,23?,29?/m0/s1. The molecule has 0 radical (unpaired) electrons. The first-order valence-electron chi connectivity index (χ1n) is 17.4. The number of hydrogen-bond acceptors (Lipinski definition) is 20. The Morgan fingerprint density at radius 2 is 1.75 bits per heavy atom. The number of nitrogens with zero attached hydrogens (tertiary/aromatic N) is 4. The van der Waals surface area contributed by atoms with Crippen LogP contribution in [0, 0.1) is 5.41 Å². The lowest BCUT2D eigenvalue weighted by Crippen LogP contribution is -2.46. The number of aliphatic hydroxyl groups is 2. The van der Waals surface area contributed by atoms with Crippen LogP contribution in [0.2, 0.25) is 0 Å². The van der Waals surface area contributed by atoms with Crippen LogP contribution >= 0.6 is 35.2 Å². The van der Waals surface area contributed by atoms with Crippen LogP contribution in [0.5, 0.6) is 0 Å². The molecule has 1 aliphatic heterocycles. The molecule has 0 spiro atoms. The van der Waals surface area contributed by atoms with Gasteiger partial charge in [0.05, 0.1) is 19.5 Å². The maximum atomic E-state index is 12.8. The first-order chi connectivity index (χ1) is 27.7. The van der Waals surface area contributed by atoms with Gasteiger partial charge in [0.25, 0.3) is 0 Å². The van der Waals surface area contributed by atoms with Gasteiger partial charge in [-0.1, -0.05) is 31.7 Å². The van der Waals surface area contributed by atoms with E-state index in [9.17, 15) is 62.7 Å². The average Bonchev–Trinajstić information content (AvgIpc) is 3.69. The van der Waals surface area contributed by atoms with Crippen molar-refractivity contribution in [1.29, 1.82) is 0 Å². The second-order valence-electron chi connectivity index (χ2n) is 13.7. The van der Waals surface area contributed by atoms with Gasteiger partial charge in [-0.3, -0.25) is 37.3 Å². The van der Waals surface area contributed by atoms with E-state index in [1.165, 1.54) is 32.9 Å². The third kappa shape index (κ3) is 15.0. The summed E-state index contributed by atoms with van der Waals surface area (Å²) in [6.07, 6.45) is -2.46. The minimum Gasteiger partial charge on any atom is -0.480 e. The number of thioether (sulfide) groups is 1. The number of phosphoric acid groups is 3. The van der Waals surface area contributed by atoms with Crippen molar-refractivity contribution in [3.63, 3.8) is 0 Å². The summed E-state index contributed by atoms with van der Waals surface area (Å²) in [6, 6.07) is -1.04. The minimum absolute atomic E-state index is 0.00710. The van der Waals surface area contributed by atoms with Crippen LogP contribution in [0.3, 0.4) is 0 Å². The smallest absolute Gasteiger partial charge is 0.480 e. The molecule has 0 aromatic carbocycles. The number of nitrogens with one attached hydrogen (secondary N) is 2. The first kappa shape index (κ1) is 51.1. The van der Waals surface area contributed by atoms with E-state index < -0.39 is 96.1 Å². The van der Waals surface area contributed by atoms with E-state index in [4.69, 9.17) is 34.9 Å². The van der Waals surface area contributed by atoms with Gasteiger partial charge in [0.15, 0.2) is 17.2 Å². The maximum Gasteiger partial charge on any atom is 0.481 e. The number of amides is 2. The van der Waals surface area contributed by atoms with Crippen molar-refractivity contribution in [2.24, 2.45) is 11.1 Å². The van der Waals surface area contributed by atoms with Crippen LogP contribution in [0.1, 0.15) is 40.0 Å². The summed E-state index contributed by atoms with van der Waals surface area (Å²) in [5.41, 5.74) is 7.61. The number of hydrogen-bond donors (Lipinski definition) is 11. The summed E-state index contributed by atoms with van der Waals surface area (Å²) < 4.78 is 62.6. The Kier molecular flexibility index (Phi) is 18.1. The number of aliphatic carboxylic acids is 1. The Morgan fingerprint density at radius 1 is 1.08 bits per heavy atom. The molecule has 1 fully saturated rings. The lowest BCUT2D eigenvalue weighted by molar-refractivity contribution is -0.139. The molecule has 60 heavy (non-hydrogen) atoms. The number of rotatable bonds is 24. The number of aliphatic hydroxyl groups excluding tert-OH is 2. The number of aromatic nitrogens is 4. The largest absolute Gasteiger partial charge is 0.481 e. The highest BCUT2D eigenvalue weighted by molar-refractivity contribution is 8.14. The zero-order valence-electron chi connectivity index (χ0n) is 32.1. The molecule has 3 heterocycles. The highest BCUT2D eigenvalue weighted by atomic mass is 32.2. The number of carboxylic acid groups (broad SMARTS) is 1. The van der Waals surface area contributed by atoms with Gasteiger partial charge in [-0.25, -0.2) is 28.6 Å². The third-order valence-corrected chi connectivity index (χ3v) is 12.4. The van der Waals surface area contributed by atoms with Crippen LogP contribution in [0.4, 0.5) is 5.82 Å². The van der Waals surface area contributed by atoms with Crippen molar-refractivity contribution in [1.82, 2.24) is 30.2 Å². The molecule has 7 unspecified atom stereocenters. The van der Waals surface area contributed by atoms with Crippen molar-refractivity contribution in [3.05, 3.63) is 24.8 Å². The van der Waals surface area contributed by atoms with E-state index in [2.05, 4.69) is 29.9 Å². The second-order valence-corrected chi connectivity index (χ2v) is 19.1. The van der Waals surface area contributed by atoms with E-state index >= 15 is 0 Å². The zero-order valence-corrected chi connectivity index (χ0v) is 35.6. The van der Waals surface area contributed by atoms with Gasteiger partial charge in [0.1, 0.15) is 42.3 Å². The number of nitrogens with two attached hydrogens (primary N) is 2. The Labute approximate surface area is 345 Å². The number of nitrogen functional groups attached to an aromatic ring is 1. The van der Waals surface area contributed by atoms with Gasteiger partial charge in [0, 0.05) is 30.7 Å². The molecule has 0 aliphatic carbocycles. The number of ether oxygens (including phenoxy) is 1. The van der Waals surface area contributed by atoms with Gasteiger partial charge >= 0.3 is 29.4 Å². The van der Waals surface area contributed by atoms with Gasteiger partial charge in [-0.15, -0.1) is 0 Å². The second kappa shape index (κ2) is 21.2. The molecule has 3 rings (SSSR count). The van der Waals surface area contributed by atoms with Crippen LogP contribution in [-0.4, -0.2) is 140 Å². The molecular weight excluding hydrogens is 889 g/mol. The molecule has 338 valence electrons. The molecule has 31 heteroatoms. The zero-order chi connectivity index (χ0) is 45.3. The summed E-state index contributed by atoms with van der Waals surface area (Å²) in [5.74, 6) is -2.52. The van der Waals surface area contributed by atoms with E-state index in [0.29, 0.717) is 6.42 Å². The number of anilines is 1. The average molecular weight is 937 g/mol. The SMILES string of the molecule is CC(C)(COP(=O)(O)OP(=O)(O)OCC1OC(C)(n2cnc3c(N)ncnc32)C(O)C1OP(=O)(O)O)C(O)C(=O)NCCC(=O)NCCSC(=O)/C=C/CC[C@H](N)C(=O)O. The molecule has 8 atom stereocenters. The van der Waals surface area contributed by atoms with Gasteiger partial charge < -0.3 is 61.7 Å². The van der Waals surface area contributed by atoms with Crippen LogP contribution < -0.4 is 22.1 Å². The van der Waals surface area contributed by atoms with Gasteiger partial charge in [0.2, 0.25) is 16.9 Å². The molecule has 27 nitrogen and oxygen atoms in total. The molecule has 2 aromatic heterocycles. The number of fused-ring (bicyclic) bond motifs is 1. The normalized spacial score (nSPS) is 22.9. The fraction of sp³-hybridized carbons (Fsp3) is 0.621. The third-order valence-electron chi connectivity index (χ3n) is 8.45. The van der Waals surface area contributed by atoms with Crippen LogP contribution in [-0.2, 0) is 61.2 Å². The molecular formula is C29H47N8O19P3S. The number of phosphoric ester groups is 3. The summed E-state index contributed by atoms with van der Waals surface area (Å²) in [4.78, 5) is 98.6. The van der Waals surface area contributed by atoms with Crippen molar-refractivity contribution >= 4 is 75.1 Å². The number of carbonyl (C=O) groups excluding carboxylic acids is 3. The van der Waals surface area contributed by atoms with Gasteiger partial charge in [-0.05, 0) is 25.8 Å². The Hall–Kier alpha value is -3.27. The minimum atomic E-state index is -5.61. The molecule has 1 aliphatic rings. The number of imidazole rings is 1. The molecule has 13 N–H and O–H groups in total. The lowest BCUT2D eigenvalue weighted by atomic mass is 9.87. The predicted octanol–water partition coefficient (Wildman–Crippen LogP) is -1.41. The molecule has 2 amide bonds. The number of carboxylic acids is 1. The number of allylic oxidation sites excluding steroid dienone is 1. The topological polar surface area (TPSA) is 427 Å². The molecule has 0 saturated carbocycles. The molecule has 0 bridgehead atoms.